The van der Waals surface area contributed by atoms with Crippen molar-refractivity contribution in [2.24, 2.45) is 0 Å². The Kier molecular flexibility index (Phi) is 4.38. The predicted octanol–water partition coefficient (Wildman–Crippen LogP) is 3.59. The predicted molar refractivity (Wildman–Crippen MR) is 117 cm³/mol. The van der Waals surface area contributed by atoms with E-state index in [-0.39, 0.29) is 11.8 Å². The highest BCUT2D eigenvalue weighted by Gasteiger charge is 2.57. The highest BCUT2D eigenvalue weighted by Crippen LogP contribution is 2.44. The molecule has 1 fully saturated rings. The van der Waals surface area contributed by atoms with E-state index < -0.39 is 5.66 Å². The van der Waals surface area contributed by atoms with Crippen LogP contribution in [0.5, 0.6) is 0 Å². The second-order valence-electron chi connectivity index (χ2n) is 8.40. The van der Waals surface area contributed by atoms with E-state index in [1.54, 1.807) is 45.9 Å². The lowest BCUT2D eigenvalue weighted by atomic mass is 9.88. The Morgan fingerprint density at radius 1 is 1.24 bits per heavy atom. The Labute approximate surface area is 193 Å². The van der Waals surface area contributed by atoms with Gasteiger partial charge in [0.05, 0.1) is 18.5 Å². The summed E-state index contributed by atoms with van der Waals surface area (Å²) in [5.41, 5.74) is 1.89. The first-order valence-electron chi connectivity index (χ1n) is 10.7. The van der Waals surface area contributed by atoms with Crippen molar-refractivity contribution >= 4 is 23.4 Å². The van der Waals surface area contributed by atoms with Gasteiger partial charge in [-0.3, -0.25) is 14.3 Å². The van der Waals surface area contributed by atoms with Gasteiger partial charge >= 0.3 is 0 Å². The summed E-state index contributed by atoms with van der Waals surface area (Å²) in [7, 11) is 0. The number of halogens is 1. The van der Waals surface area contributed by atoms with Crippen molar-refractivity contribution in [3.63, 3.8) is 0 Å². The molecule has 3 aromatic heterocycles. The summed E-state index contributed by atoms with van der Waals surface area (Å²) in [5, 5.41) is 9.28. The van der Waals surface area contributed by atoms with Crippen LogP contribution in [0.25, 0.3) is 11.5 Å². The van der Waals surface area contributed by atoms with Crippen LogP contribution in [-0.4, -0.2) is 55.3 Å². The maximum Gasteiger partial charge on any atom is 0.274 e. The van der Waals surface area contributed by atoms with Gasteiger partial charge in [-0.15, -0.1) is 0 Å². The number of hydrogen-bond acceptors (Lipinski definition) is 6. The summed E-state index contributed by atoms with van der Waals surface area (Å²) in [4.78, 5) is 30.9. The first kappa shape index (κ1) is 20.0. The number of carbonyl (C=O) groups excluding carboxylic acids is 2. The van der Waals surface area contributed by atoms with Crippen LogP contribution < -0.4 is 0 Å². The van der Waals surface area contributed by atoms with Crippen LogP contribution >= 0.6 is 11.6 Å². The molecule has 1 aliphatic carbocycles. The molecule has 5 heterocycles. The third-order valence-electron chi connectivity index (χ3n) is 6.67. The van der Waals surface area contributed by atoms with E-state index in [0.29, 0.717) is 60.9 Å². The molecule has 0 N–H and O–H groups in total. The van der Waals surface area contributed by atoms with Crippen LogP contribution in [0, 0.1) is 6.92 Å². The van der Waals surface area contributed by atoms with Crippen molar-refractivity contribution in [3.8, 4) is 11.5 Å². The van der Waals surface area contributed by atoms with Gasteiger partial charge in [0.1, 0.15) is 23.2 Å². The molecule has 9 nitrogen and oxygen atoms in total. The standard InChI is InChI=1S/C23H20ClN5O4/c1-14-17(12-33-26-14)21(30)27-8-9-28-22(31)19-11-18(20-3-2-10-32-20)25-29(19)13-23(27,28)15-4-6-16(24)7-5-15/h2-4,6,10-12H,5,7-9,13H2,1H3. The second-order valence-corrected chi connectivity index (χ2v) is 8.88. The molecular weight excluding hydrogens is 446 g/mol. The van der Waals surface area contributed by atoms with E-state index in [0.717, 1.165) is 10.6 Å². The number of carbonyl (C=O) groups is 2. The molecule has 0 radical (unpaired) electrons. The lowest BCUT2D eigenvalue weighted by Gasteiger charge is -2.48. The number of hydrogen-bond donors (Lipinski definition) is 0. The third kappa shape index (κ3) is 2.85. The fraction of sp³-hybridized carbons (Fsp3) is 0.304. The van der Waals surface area contributed by atoms with E-state index in [2.05, 4.69) is 10.3 Å². The molecule has 6 rings (SSSR count). The summed E-state index contributed by atoms with van der Waals surface area (Å²) in [6, 6.07) is 5.32. The number of amides is 2. The summed E-state index contributed by atoms with van der Waals surface area (Å²) in [6.45, 7) is 2.83. The Hall–Kier alpha value is -3.59. The van der Waals surface area contributed by atoms with Crippen LogP contribution in [0.1, 0.15) is 39.4 Å². The van der Waals surface area contributed by atoms with Crippen molar-refractivity contribution in [1.29, 1.82) is 0 Å². The van der Waals surface area contributed by atoms with E-state index in [4.69, 9.17) is 20.5 Å². The number of nitrogens with zero attached hydrogens (tertiary/aromatic N) is 5. The first-order valence-corrected chi connectivity index (χ1v) is 11.1. The van der Waals surface area contributed by atoms with Crippen molar-refractivity contribution in [2.45, 2.75) is 32.0 Å². The minimum atomic E-state index is -0.995. The van der Waals surface area contributed by atoms with Gasteiger partial charge in [-0.05, 0) is 43.5 Å². The maximum absolute atomic E-state index is 13.7. The topological polar surface area (TPSA) is 97.6 Å². The molecular formula is C23H20ClN5O4. The quantitative estimate of drug-likeness (QED) is 0.586. The lowest BCUT2D eigenvalue weighted by Crippen LogP contribution is -2.63. The Balaban J connectivity index is 1.50. The molecule has 10 heteroatoms. The molecule has 1 unspecified atom stereocenters. The van der Waals surface area contributed by atoms with Crippen molar-refractivity contribution in [1.82, 2.24) is 24.7 Å². The molecule has 0 spiro atoms. The van der Waals surface area contributed by atoms with E-state index >= 15 is 0 Å². The maximum atomic E-state index is 13.7. The van der Waals surface area contributed by atoms with E-state index in [9.17, 15) is 9.59 Å². The summed E-state index contributed by atoms with van der Waals surface area (Å²) in [6.07, 6.45) is 7.98. The lowest BCUT2D eigenvalue weighted by molar-refractivity contribution is 0.0112. The summed E-state index contributed by atoms with van der Waals surface area (Å²) >= 11 is 6.24. The Bertz CT molecular complexity index is 1330. The minimum Gasteiger partial charge on any atom is -0.463 e. The van der Waals surface area contributed by atoms with Crippen molar-refractivity contribution in [3.05, 3.63) is 70.4 Å². The van der Waals surface area contributed by atoms with Crippen molar-refractivity contribution < 1.29 is 18.5 Å². The van der Waals surface area contributed by atoms with Crippen LogP contribution in [-0.2, 0) is 6.54 Å². The first-order chi connectivity index (χ1) is 16.0. The van der Waals surface area contributed by atoms with Crippen LogP contribution in [0.3, 0.4) is 0 Å². The fourth-order valence-electron chi connectivity index (χ4n) is 5.06. The molecule has 2 aliphatic heterocycles. The smallest absolute Gasteiger partial charge is 0.274 e. The van der Waals surface area contributed by atoms with E-state index in [1.807, 2.05) is 12.2 Å². The highest BCUT2D eigenvalue weighted by atomic mass is 35.5. The number of furan rings is 1. The normalized spacial score (nSPS) is 22.2. The van der Waals surface area contributed by atoms with Gasteiger partial charge in [0, 0.05) is 24.2 Å². The number of aryl methyl sites for hydroxylation is 1. The van der Waals surface area contributed by atoms with Crippen molar-refractivity contribution in [2.75, 3.05) is 13.1 Å². The monoisotopic (exact) mass is 465 g/mol. The average molecular weight is 466 g/mol. The second kappa shape index (κ2) is 7.21. The number of allylic oxidation sites excluding steroid dienone is 3. The van der Waals surface area contributed by atoms with Gasteiger partial charge in [0.25, 0.3) is 11.8 Å². The van der Waals surface area contributed by atoms with Gasteiger partial charge in [-0.25, -0.2) is 0 Å². The van der Waals surface area contributed by atoms with Gasteiger partial charge in [0.2, 0.25) is 0 Å². The molecule has 0 saturated carbocycles. The molecule has 0 bridgehead atoms. The van der Waals surface area contributed by atoms with Gasteiger partial charge in [-0.1, -0.05) is 22.8 Å². The molecule has 33 heavy (non-hydrogen) atoms. The molecule has 0 aromatic carbocycles. The summed E-state index contributed by atoms with van der Waals surface area (Å²) < 4.78 is 12.2. The fourth-order valence-corrected chi connectivity index (χ4v) is 5.22. The number of rotatable bonds is 3. The Morgan fingerprint density at radius 3 is 2.82 bits per heavy atom. The largest absolute Gasteiger partial charge is 0.463 e. The molecule has 3 aliphatic rings. The zero-order chi connectivity index (χ0) is 22.7. The average Bonchev–Trinajstić information content (AvgIpc) is 3.59. The third-order valence-corrected chi connectivity index (χ3v) is 6.98. The molecule has 168 valence electrons. The molecule has 3 aromatic rings. The van der Waals surface area contributed by atoms with Gasteiger partial charge in [-0.2, -0.15) is 5.10 Å². The van der Waals surface area contributed by atoms with Crippen LogP contribution in [0.2, 0.25) is 0 Å². The molecule has 1 atom stereocenters. The highest BCUT2D eigenvalue weighted by molar-refractivity contribution is 6.29. The summed E-state index contributed by atoms with van der Waals surface area (Å²) in [5.74, 6) is 0.177. The number of fused-ring (bicyclic) bond motifs is 2. The number of aromatic nitrogens is 3. The zero-order valence-electron chi connectivity index (χ0n) is 17.8. The van der Waals surface area contributed by atoms with Crippen LogP contribution in [0.15, 0.2) is 62.4 Å². The SMILES string of the molecule is Cc1nocc1C(=O)N1CCN2C(=O)c3cc(-c4ccco4)nn3CC12C1=CC=C(Cl)CC1. The minimum absolute atomic E-state index is 0.176. The van der Waals surface area contributed by atoms with Crippen LogP contribution in [0.4, 0.5) is 0 Å². The van der Waals surface area contributed by atoms with Gasteiger partial charge in [0.15, 0.2) is 11.4 Å². The molecule has 1 saturated heterocycles. The molecule has 2 amide bonds. The Morgan fingerprint density at radius 2 is 2.12 bits per heavy atom. The van der Waals surface area contributed by atoms with Gasteiger partial charge < -0.3 is 18.7 Å². The zero-order valence-corrected chi connectivity index (χ0v) is 18.6. The van der Waals surface area contributed by atoms with E-state index in [1.165, 1.54) is 6.26 Å².